The van der Waals surface area contributed by atoms with Crippen molar-refractivity contribution in [2.24, 2.45) is 5.73 Å². The summed E-state index contributed by atoms with van der Waals surface area (Å²) in [6, 6.07) is 1.39. The summed E-state index contributed by atoms with van der Waals surface area (Å²) in [7, 11) is 0. The number of rotatable bonds is 4. The summed E-state index contributed by atoms with van der Waals surface area (Å²) in [6.07, 6.45) is 3.35. The van der Waals surface area contributed by atoms with Crippen molar-refractivity contribution in [3.63, 3.8) is 0 Å². The van der Waals surface area contributed by atoms with Crippen molar-refractivity contribution in [3.8, 4) is 0 Å². The summed E-state index contributed by atoms with van der Waals surface area (Å²) in [5, 5.41) is 2.46. The van der Waals surface area contributed by atoms with Crippen LogP contribution in [0.2, 0.25) is 0 Å². The Morgan fingerprint density at radius 3 is 3.07 bits per heavy atom. The molecule has 4 nitrogen and oxygen atoms in total. The highest BCUT2D eigenvalue weighted by atomic mass is 19.1. The van der Waals surface area contributed by atoms with Gasteiger partial charge in [0, 0.05) is 18.7 Å². The van der Waals surface area contributed by atoms with Gasteiger partial charge in [-0.05, 0) is 19.4 Å². The van der Waals surface area contributed by atoms with Gasteiger partial charge in [0.2, 0.25) is 5.91 Å². The summed E-state index contributed by atoms with van der Waals surface area (Å²) in [5.74, 6) is -0.774. The van der Waals surface area contributed by atoms with Crippen LogP contribution in [0.15, 0.2) is 18.5 Å². The molecule has 0 spiro atoms. The first-order chi connectivity index (χ1) is 7.09. The molecule has 0 aliphatic rings. The number of aromatic nitrogens is 1. The highest BCUT2D eigenvalue weighted by molar-refractivity contribution is 5.90. The maximum Gasteiger partial charge on any atom is 0.224 e. The molecule has 0 bridgehead atoms. The fourth-order valence-corrected chi connectivity index (χ4v) is 1.05. The van der Waals surface area contributed by atoms with Gasteiger partial charge in [0.15, 0.2) is 5.82 Å². The number of hydrogen-bond donors (Lipinski definition) is 2. The van der Waals surface area contributed by atoms with Crippen molar-refractivity contribution in [1.82, 2.24) is 4.98 Å². The Labute approximate surface area is 87.7 Å². The Morgan fingerprint density at radius 2 is 2.47 bits per heavy atom. The van der Waals surface area contributed by atoms with Gasteiger partial charge in [-0.2, -0.15) is 0 Å². The normalized spacial score (nSPS) is 12.2. The lowest BCUT2D eigenvalue weighted by Crippen LogP contribution is -2.19. The van der Waals surface area contributed by atoms with Gasteiger partial charge in [-0.25, -0.2) is 4.39 Å². The van der Waals surface area contributed by atoms with Crippen LogP contribution >= 0.6 is 0 Å². The summed E-state index contributed by atoms with van der Waals surface area (Å²) in [5.41, 5.74) is 5.65. The third-order valence-electron chi connectivity index (χ3n) is 1.87. The number of carbonyl (C=O) groups excluding carboxylic acids is 1. The molecular weight excluding hydrogens is 197 g/mol. The zero-order chi connectivity index (χ0) is 11.3. The lowest BCUT2D eigenvalue weighted by atomic mass is 10.2. The Kier molecular flexibility index (Phi) is 4.17. The molecule has 1 unspecified atom stereocenters. The van der Waals surface area contributed by atoms with Crippen LogP contribution in [0.1, 0.15) is 19.8 Å². The summed E-state index contributed by atoms with van der Waals surface area (Å²) < 4.78 is 13.0. The fraction of sp³-hybridized carbons (Fsp3) is 0.400. The van der Waals surface area contributed by atoms with Gasteiger partial charge < -0.3 is 11.1 Å². The smallest absolute Gasteiger partial charge is 0.224 e. The number of hydrogen-bond acceptors (Lipinski definition) is 3. The summed E-state index contributed by atoms with van der Waals surface area (Å²) in [6.45, 7) is 1.82. The average Bonchev–Trinajstić information content (AvgIpc) is 2.18. The quantitative estimate of drug-likeness (QED) is 0.788. The van der Waals surface area contributed by atoms with Gasteiger partial charge >= 0.3 is 0 Å². The van der Waals surface area contributed by atoms with E-state index in [1.54, 1.807) is 0 Å². The molecule has 3 N–H and O–H groups in total. The van der Waals surface area contributed by atoms with Crippen molar-refractivity contribution in [1.29, 1.82) is 0 Å². The number of carbonyl (C=O) groups is 1. The molecule has 0 saturated carbocycles. The van der Waals surface area contributed by atoms with E-state index in [-0.39, 0.29) is 17.6 Å². The highest BCUT2D eigenvalue weighted by Crippen LogP contribution is 2.11. The van der Waals surface area contributed by atoms with Crippen LogP contribution < -0.4 is 11.1 Å². The van der Waals surface area contributed by atoms with Crippen molar-refractivity contribution in [2.75, 3.05) is 5.32 Å². The van der Waals surface area contributed by atoms with E-state index >= 15 is 0 Å². The standard InChI is InChI=1S/C10H14FN3O/c1-7(12)2-3-10(15)14-9-4-5-13-6-8(9)11/h4-7H,2-3,12H2,1H3,(H,13,14,15). The average molecular weight is 211 g/mol. The van der Waals surface area contributed by atoms with E-state index in [9.17, 15) is 9.18 Å². The zero-order valence-corrected chi connectivity index (χ0v) is 8.53. The third-order valence-corrected chi connectivity index (χ3v) is 1.87. The second-order valence-electron chi connectivity index (χ2n) is 3.42. The van der Waals surface area contributed by atoms with Crippen molar-refractivity contribution in [2.45, 2.75) is 25.8 Å². The van der Waals surface area contributed by atoms with Crippen molar-refractivity contribution < 1.29 is 9.18 Å². The van der Waals surface area contributed by atoms with Crippen LogP contribution in [0.4, 0.5) is 10.1 Å². The van der Waals surface area contributed by atoms with Gasteiger partial charge in [-0.1, -0.05) is 0 Å². The molecule has 0 radical (unpaired) electrons. The Bertz CT molecular complexity index is 341. The predicted octanol–water partition coefficient (Wildman–Crippen LogP) is 1.29. The Morgan fingerprint density at radius 1 is 1.73 bits per heavy atom. The molecule has 0 aliphatic carbocycles. The van der Waals surface area contributed by atoms with Gasteiger partial charge in [0.05, 0.1) is 11.9 Å². The van der Waals surface area contributed by atoms with E-state index in [0.717, 1.165) is 6.20 Å². The lowest BCUT2D eigenvalue weighted by molar-refractivity contribution is -0.116. The second kappa shape index (κ2) is 5.41. The molecule has 0 saturated heterocycles. The van der Waals surface area contributed by atoms with E-state index in [0.29, 0.717) is 12.8 Å². The molecule has 1 aromatic heterocycles. The number of nitrogens with zero attached hydrogens (tertiary/aromatic N) is 1. The minimum Gasteiger partial charge on any atom is -0.328 e. The topological polar surface area (TPSA) is 68.0 Å². The predicted molar refractivity (Wildman–Crippen MR) is 55.7 cm³/mol. The molecule has 1 amide bonds. The van der Waals surface area contributed by atoms with Crippen LogP contribution in [0.3, 0.4) is 0 Å². The second-order valence-corrected chi connectivity index (χ2v) is 3.42. The summed E-state index contributed by atoms with van der Waals surface area (Å²) >= 11 is 0. The van der Waals surface area contributed by atoms with Crippen LogP contribution in [-0.4, -0.2) is 16.9 Å². The van der Waals surface area contributed by atoms with Gasteiger partial charge in [-0.3, -0.25) is 9.78 Å². The highest BCUT2D eigenvalue weighted by Gasteiger charge is 2.07. The minimum atomic E-state index is -0.536. The van der Waals surface area contributed by atoms with E-state index < -0.39 is 5.82 Å². The molecule has 1 rings (SSSR count). The third kappa shape index (κ3) is 4.03. The van der Waals surface area contributed by atoms with Gasteiger partial charge in [0.1, 0.15) is 0 Å². The number of nitrogens with one attached hydrogen (secondary N) is 1. The first kappa shape index (κ1) is 11.6. The van der Waals surface area contributed by atoms with E-state index in [1.165, 1.54) is 12.3 Å². The monoisotopic (exact) mass is 211 g/mol. The van der Waals surface area contributed by atoms with Crippen LogP contribution in [0, 0.1) is 5.82 Å². The van der Waals surface area contributed by atoms with E-state index in [2.05, 4.69) is 10.3 Å². The molecule has 0 aromatic carbocycles. The Balaban J connectivity index is 2.48. The molecule has 0 aliphatic heterocycles. The molecule has 15 heavy (non-hydrogen) atoms. The number of amides is 1. The zero-order valence-electron chi connectivity index (χ0n) is 8.53. The molecule has 82 valence electrons. The number of halogens is 1. The van der Waals surface area contributed by atoms with Crippen LogP contribution in [0.25, 0.3) is 0 Å². The maximum absolute atomic E-state index is 13.0. The van der Waals surface area contributed by atoms with E-state index in [4.69, 9.17) is 5.73 Å². The van der Waals surface area contributed by atoms with Crippen LogP contribution in [0.5, 0.6) is 0 Å². The molecule has 1 atom stereocenters. The molecule has 5 heteroatoms. The molecule has 1 aromatic rings. The largest absolute Gasteiger partial charge is 0.328 e. The van der Waals surface area contributed by atoms with Crippen molar-refractivity contribution >= 4 is 11.6 Å². The molecule has 1 heterocycles. The van der Waals surface area contributed by atoms with Gasteiger partial charge in [-0.15, -0.1) is 0 Å². The number of anilines is 1. The number of pyridine rings is 1. The summed E-state index contributed by atoms with van der Waals surface area (Å²) in [4.78, 5) is 14.9. The van der Waals surface area contributed by atoms with Crippen molar-refractivity contribution in [3.05, 3.63) is 24.3 Å². The maximum atomic E-state index is 13.0. The Hall–Kier alpha value is -1.49. The lowest BCUT2D eigenvalue weighted by Gasteiger charge is -2.07. The van der Waals surface area contributed by atoms with E-state index in [1.807, 2.05) is 6.92 Å². The minimum absolute atomic E-state index is 0.0296. The molecular formula is C10H14FN3O. The van der Waals surface area contributed by atoms with Gasteiger partial charge in [0.25, 0.3) is 0 Å². The fourth-order valence-electron chi connectivity index (χ4n) is 1.05. The number of nitrogens with two attached hydrogens (primary N) is 1. The van der Waals surface area contributed by atoms with Crippen LogP contribution in [-0.2, 0) is 4.79 Å². The molecule has 0 fully saturated rings. The first-order valence-corrected chi connectivity index (χ1v) is 4.74. The first-order valence-electron chi connectivity index (χ1n) is 4.74. The SMILES string of the molecule is CC(N)CCC(=O)Nc1ccncc1F.